The van der Waals surface area contributed by atoms with Crippen molar-refractivity contribution in [1.82, 2.24) is 10.2 Å². The lowest BCUT2D eigenvalue weighted by Crippen LogP contribution is -2.43. The Bertz CT molecular complexity index is 354. The van der Waals surface area contributed by atoms with E-state index in [0.29, 0.717) is 85.3 Å². The maximum absolute atomic E-state index is 12.3. The molecule has 0 unspecified atom stereocenters. The van der Waals surface area contributed by atoms with Gasteiger partial charge in [0.15, 0.2) is 0 Å². The van der Waals surface area contributed by atoms with Crippen LogP contribution in [0, 0.1) is 0 Å². The number of carbonyl (C=O) groups is 2. The number of nitrogens with one attached hydrogen (secondary N) is 1. The van der Waals surface area contributed by atoms with Crippen LogP contribution in [0.5, 0.6) is 0 Å². The van der Waals surface area contributed by atoms with E-state index in [2.05, 4.69) is 5.32 Å². The Morgan fingerprint density at radius 3 is 1.80 bits per heavy atom. The number of amides is 2. The van der Waals surface area contributed by atoms with Crippen molar-refractivity contribution in [2.24, 2.45) is 5.73 Å². The molecule has 9 heteroatoms. The normalized spacial score (nSPS) is 18.8. The summed E-state index contributed by atoms with van der Waals surface area (Å²) in [6.07, 6.45) is 0.936. The van der Waals surface area contributed by atoms with E-state index in [-0.39, 0.29) is 18.4 Å². The number of ether oxygens (including phenoxy) is 4. The van der Waals surface area contributed by atoms with Gasteiger partial charge in [0.1, 0.15) is 0 Å². The van der Waals surface area contributed by atoms with E-state index in [9.17, 15) is 9.59 Å². The minimum absolute atomic E-state index is 0.0321. The molecule has 0 aromatic rings. The molecule has 1 aliphatic rings. The van der Waals surface area contributed by atoms with Crippen molar-refractivity contribution in [2.45, 2.75) is 12.8 Å². The van der Waals surface area contributed by atoms with E-state index in [1.165, 1.54) is 0 Å². The number of nitrogens with two attached hydrogens (primary N) is 1. The van der Waals surface area contributed by atoms with Gasteiger partial charge in [-0.2, -0.15) is 0 Å². The van der Waals surface area contributed by atoms with Crippen LogP contribution in [0.15, 0.2) is 0 Å². The molecule has 0 saturated carbocycles. The number of hydrogen-bond acceptors (Lipinski definition) is 7. The SMILES string of the molecule is NCCCC(=O)NCC(=O)N1CCOCCOCCOCCOCC1. The third-order valence-corrected chi connectivity index (χ3v) is 3.52. The van der Waals surface area contributed by atoms with E-state index in [1.807, 2.05) is 0 Å². The third-order valence-electron chi connectivity index (χ3n) is 3.52. The summed E-state index contributed by atoms with van der Waals surface area (Å²) in [5, 5.41) is 2.62. The molecule has 3 N–H and O–H groups in total. The first kappa shape index (κ1) is 21.8. The Morgan fingerprint density at radius 2 is 1.32 bits per heavy atom. The van der Waals surface area contributed by atoms with Gasteiger partial charge in [0.2, 0.25) is 11.8 Å². The fourth-order valence-corrected chi connectivity index (χ4v) is 2.11. The van der Waals surface area contributed by atoms with Crippen molar-refractivity contribution in [3.05, 3.63) is 0 Å². The molecule has 0 aliphatic carbocycles. The topological polar surface area (TPSA) is 112 Å². The lowest BCUT2D eigenvalue weighted by atomic mass is 10.3. The second-order valence-corrected chi connectivity index (χ2v) is 5.50. The van der Waals surface area contributed by atoms with Crippen LogP contribution in [-0.4, -0.2) is 95.7 Å². The molecule has 2 amide bonds. The molecular formula is C16H31N3O6. The van der Waals surface area contributed by atoms with Crippen molar-refractivity contribution in [3.63, 3.8) is 0 Å². The Morgan fingerprint density at radius 1 is 0.840 bits per heavy atom. The monoisotopic (exact) mass is 361 g/mol. The second kappa shape index (κ2) is 15.0. The highest BCUT2D eigenvalue weighted by atomic mass is 16.6. The highest BCUT2D eigenvalue weighted by Crippen LogP contribution is 1.94. The van der Waals surface area contributed by atoms with Crippen LogP contribution in [-0.2, 0) is 28.5 Å². The number of rotatable bonds is 5. The minimum atomic E-state index is -0.168. The molecule has 146 valence electrons. The van der Waals surface area contributed by atoms with E-state index in [0.717, 1.165) is 0 Å². The number of nitrogens with zero attached hydrogens (tertiary/aromatic N) is 1. The number of carbonyl (C=O) groups excluding carboxylic acids is 2. The Hall–Kier alpha value is -1.26. The quantitative estimate of drug-likeness (QED) is 0.629. The first-order valence-corrected chi connectivity index (χ1v) is 8.79. The molecule has 9 nitrogen and oxygen atoms in total. The van der Waals surface area contributed by atoms with Gasteiger partial charge in [-0.25, -0.2) is 0 Å². The summed E-state index contributed by atoms with van der Waals surface area (Å²) in [4.78, 5) is 25.5. The van der Waals surface area contributed by atoms with Gasteiger partial charge < -0.3 is 34.9 Å². The molecule has 1 saturated heterocycles. The maximum atomic E-state index is 12.3. The largest absolute Gasteiger partial charge is 0.377 e. The summed E-state index contributed by atoms with van der Waals surface area (Å²) in [5.41, 5.74) is 5.36. The van der Waals surface area contributed by atoms with Gasteiger partial charge >= 0.3 is 0 Å². The second-order valence-electron chi connectivity index (χ2n) is 5.50. The van der Waals surface area contributed by atoms with Crippen molar-refractivity contribution < 1.29 is 28.5 Å². The molecule has 25 heavy (non-hydrogen) atoms. The molecule has 0 bridgehead atoms. The number of hydrogen-bond donors (Lipinski definition) is 2. The Labute approximate surface area is 149 Å². The highest BCUT2D eigenvalue weighted by molar-refractivity contribution is 5.84. The van der Waals surface area contributed by atoms with Crippen molar-refractivity contribution in [3.8, 4) is 0 Å². The average molecular weight is 361 g/mol. The summed E-state index contributed by atoms with van der Waals surface area (Å²) in [6.45, 7) is 5.09. The smallest absolute Gasteiger partial charge is 0.242 e. The molecule has 0 aromatic heterocycles. The van der Waals surface area contributed by atoms with E-state index < -0.39 is 0 Å². The molecule has 0 radical (unpaired) electrons. The van der Waals surface area contributed by atoms with Gasteiger partial charge in [-0.15, -0.1) is 0 Å². The third kappa shape index (κ3) is 11.8. The van der Waals surface area contributed by atoms with Crippen LogP contribution in [0.1, 0.15) is 12.8 Å². The first-order chi connectivity index (χ1) is 12.2. The maximum Gasteiger partial charge on any atom is 0.242 e. The molecule has 0 spiro atoms. The van der Waals surface area contributed by atoms with Gasteiger partial charge in [-0.3, -0.25) is 9.59 Å². The molecule has 1 fully saturated rings. The predicted molar refractivity (Wildman–Crippen MR) is 91.2 cm³/mol. The van der Waals surface area contributed by atoms with E-state index in [4.69, 9.17) is 24.7 Å². The summed E-state index contributed by atoms with van der Waals surface area (Å²) < 4.78 is 21.6. The van der Waals surface area contributed by atoms with Gasteiger partial charge in [-0.1, -0.05) is 0 Å². The van der Waals surface area contributed by atoms with Crippen LogP contribution >= 0.6 is 0 Å². The lowest BCUT2D eigenvalue weighted by Gasteiger charge is -2.23. The van der Waals surface area contributed by atoms with Crippen LogP contribution in [0.2, 0.25) is 0 Å². The lowest BCUT2D eigenvalue weighted by molar-refractivity contribution is -0.134. The van der Waals surface area contributed by atoms with Crippen molar-refractivity contribution in [2.75, 3.05) is 79.0 Å². The van der Waals surface area contributed by atoms with Crippen LogP contribution in [0.25, 0.3) is 0 Å². The van der Waals surface area contributed by atoms with E-state index >= 15 is 0 Å². The Kier molecular flexibility index (Phi) is 13.1. The fourth-order valence-electron chi connectivity index (χ4n) is 2.11. The zero-order chi connectivity index (χ0) is 18.2. The zero-order valence-electron chi connectivity index (χ0n) is 14.9. The Balaban J connectivity index is 2.36. The highest BCUT2D eigenvalue weighted by Gasteiger charge is 2.14. The minimum Gasteiger partial charge on any atom is -0.377 e. The average Bonchev–Trinajstić information content (AvgIpc) is 2.63. The van der Waals surface area contributed by atoms with Gasteiger partial charge in [0, 0.05) is 19.5 Å². The molecule has 1 aliphatic heterocycles. The van der Waals surface area contributed by atoms with Gasteiger partial charge in [0.25, 0.3) is 0 Å². The molecule has 0 aromatic carbocycles. The van der Waals surface area contributed by atoms with Crippen molar-refractivity contribution >= 4 is 11.8 Å². The molecule has 1 heterocycles. The fraction of sp³-hybridized carbons (Fsp3) is 0.875. The summed E-state index contributed by atoms with van der Waals surface area (Å²) in [6, 6.07) is 0. The van der Waals surface area contributed by atoms with Crippen molar-refractivity contribution in [1.29, 1.82) is 0 Å². The van der Waals surface area contributed by atoms with Gasteiger partial charge in [0.05, 0.1) is 59.4 Å². The summed E-state index contributed by atoms with van der Waals surface area (Å²) in [5.74, 6) is -0.330. The predicted octanol–water partition coefficient (Wildman–Crippen LogP) is -1.25. The van der Waals surface area contributed by atoms with Gasteiger partial charge in [-0.05, 0) is 13.0 Å². The van der Waals surface area contributed by atoms with E-state index in [1.54, 1.807) is 4.90 Å². The molecule has 1 rings (SSSR count). The molecular weight excluding hydrogens is 330 g/mol. The molecule has 0 atom stereocenters. The standard InChI is InChI=1S/C16H31N3O6/c17-3-1-2-15(20)18-14-16(21)19-4-6-22-8-10-24-12-13-25-11-9-23-7-5-19/h1-14,17H2,(H,18,20). The van der Waals surface area contributed by atoms with Crippen LogP contribution in [0.4, 0.5) is 0 Å². The van der Waals surface area contributed by atoms with Crippen LogP contribution < -0.4 is 11.1 Å². The zero-order valence-corrected chi connectivity index (χ0v) is 14.9. The van der Waals surface area contributed by atoms with Crippen LogP contribution in [0.3, 0.4) is 0 Å². The summed E-state index contributed by atoms with van der Waals surface area (Å²) in [7, 11) is 0. The first-order valence-electron chi connectivity index (χ1n) is 8.79. The summed E-state index contributed by atoms with van der Waals surface area (Å²) >= 11 is 0.